The Kier molecular flexibility index (Phi) is 4.29. The van der Waals surface area contributed by atoms with Gasteiger partial charge in [-0.3, -0.25) is 0 Å². The van der Waals surface area contributed by atoms with Gasteiger partial charge in [-0.25, -0.2) is 4.79 Å². The van der Waals surface area contributed by atoms with Crippen molar-refractivity contribution in [1.29, 1.82) is 0 Å². The van der Waals surface area contributed by atoms with E-state index in [2.05, 4.69) is 20.9 Å². The first-order valence-electron chi connectivity index (χ1n) is 5.87. The van der Waals surface area contributed by atoms with E-state index >= 15 is 0 Å². The van der Waals surface area contributed by atoms with Crippen molar-refractivity contribution in [2.75, 3.05) is 12.3 Å². The third-order valence-corrected chi connectivity index (χ3v) is 2.88. The minimum absolute atomic E-state index is 0.0511. The van der Waals surface area contributed by atoms with Crippen LogP contribution in [0.1, 0.15) is 23.0 Å². The first-order chi connectivity index (χ1) is 9.51. The number of anilines is 1. The van der Waals surface area contributed by atoms with Gasteiger partial charge in [0.05, 0.1) is 12.3 Å². The highest BCUT2D eigenvalue weighted by atomic mass is 79.9. The monoisotopic (exact) mass is 340 g/mol. The minimum Gasteiger partial charge on any atom is -0.461 e. The predicted molar refractivity (Wildman–Crippen MR) is 75.8 cm³/mol. The highest BCUT2D eigenvalue weighted by molar-refractivity contribution is 9.10. The second-order valence-corrected chi connectivity index (χ2v) is 4.88. The van der Waals surface area contributed by atoms with Crippen molar-refractivity contribution in [3.8, 4) is 11.8 Å². The maximum atomic E-state index is 11.5. The van der Waals surface area contributed by atoms with Gasteiger partial charge in [-0.05, 0) is 31.5 Å². The molecule has 0 aliphatic rings. The number of oxazole rings is 1. The highest BCUT2D eigenvalue weighted by Crippen LogP contribution is 2.33. The lowest BCUT2D eigenvalue weighted by Crippen LogP contribution is -2.04. The molecule has 1 aromatic heterocycles. The number of halogens is 1. The lowest BCUT2D eigenvalue weighted by Gasteiger charge is -2.08. The number of hydrogen-bond donors (Lipinski definition) is 1. The summed E-state index contributed by atoms with van der Waals surface area (Å²) in [6, 6.07) is 3.55. The van der Waals surface area contributed by atoms with E-state index in [-0.39, 0.29) is 18.4 Å². The summed E-state index contributed by atoms with van der Waals surface area (Å²) in [7, 11) is 0. The third kappa shape index (κ3) is 3.11. The van der Waals surface area contributed by atoms with E-state index in [0.29, 0.717) is 11.4 Å². The Morgan fingerprint density at radius 2 is 2.25 bits per heavy atom. The summed E-state index contributed by atoms with van der Waals surface area (Å²) in [5.41, 5.74) is 7.17. The molecule has 7 heteroatoms. The molecular weight excluding hydrogens is 328 g/mol. The molecule has 0 fully saturated rings. The maximum Gasteiger partial charge on any atom is 0.400 e. The summed E-state index contributed by atoms with van der Waals surface area (Å²) in [6.07, 6.45) is 1.11. The van der Waals surface area contributed by atoms with Crippen molar-refractivity contribution in [2.24, 2.45) is 0 Å². The van der Waals surface area contributed by atoms with Crippen LogP contribution in [0.4, 0.5) is 5.69 Å². The Balaban J connectivity index is 2.21. The van der Waals surface area contributed by atoms with E-state index in [0.717, 1.165) is 10.0 Å². The average Bonchev–Trinajstić information content (AvgIpc) is 2.82. The normalized spacial score (nSPS) is 10.3. The fourth-order valence-corrected chi connectivity index (χ4v) is 2.18. The molecule has 0 saturated carbocycles. The number of rotatable bonds is 4. The number of nitrogen functional groups attached to an aromatic ring is 1. The fourth-order valence-electron chi connectivity index (χ4n) is 1.59. The molecule has 0 radical (unpaired) electrons. The Morgan fingerprint density at radius 1 is 1.50 bits per heavy atom. The molecule has 0 saturated heterocycles. The van der Waals surface area contributed by atoms with E-state index in [1.165, 1.54) is 6.26 Å². The smallest absolute Gasteiger partial charge is 0.400 e. The zero-order valence-corrected chi connectivity index (χ0v) is 12.6. The summed E-state index contributed by atoms with van der Waals surface area (Å²) >= 11 is 3.34. The van der Waals surface area contributed by atoms with Crippen molar-refractivity contribution < 1.29 is 18.7 Å². The molecule has 2 aromatic rings. The van der Waals surface area contributed by atoms with Gasteiger partial charge in [-0.15, -0.1) is 0 Å². The van der Waals surface area contributed by atoms with Crippen LogP contribution < -0.4 is 10.5 Å². The molecule has 2 rings (SSSR count). The Hall–Kier alpha value is -2.02. The zero-order valence-electron chi connectivity index (χ0n) is 11.0. The molecule has 106 valence electrons. The van der Waals surface area contributed by atoms with Gasteiger partial charge in [0.25, 0.3) is 0 Å². The molecule has 20 heavy (non-hydrogen) atoms. The van der Waals surface area contributed by atoms with Gasteiger partial charge in [0.15, 0.2) is 11.4 Å². The van der Waals surface area contributed by atoms with Gasteiger partial charge in [-0.1, -0.05) is 15.9 Å². The van der Waals surface area contributed by atoms with Crippen molar-refractivity contribution in [3.63, 3.8) is 0 Å². The molecule has 1 aromatic carbocycles. The van der Waals surface area contributed by atoms with Crippen LogP contribution in [0.2, 0.25) is 0 Å². The Labute approximate surface area is 124 Å². The van der Waals surface area contributed by atoms with E-state index in [4.69, 9.17) is 19.6 Å². The molecule has 2 N–H and O–H groups in total. The number of carbonyl (C=O) groups is 1. The third-order valence-electron chi connectivity index (χ3n) is 2.43. The second kappa shape index (κ2) is 5.96. The van der Waals surface area contributed by atoms with Crippen molar-refractivity contribution in [2.45, 2.75) is 13.8 Å². The van der Waals surface area contributed by atoms with Crippen LogP contribution in [0, 0.1) is 6.92 Å². The molecule has 0 atom stereocenters. The second-order valence-electron chi connectivity index (χ2n) is 3.96. The number of benzene rings is 1. The number of esters is 1. The van der Waals surface area contributed by atoms with Gasteiger partial charge in [0.1, 0.15) is 6.26 Å². The van der Waals surface area contributed by atoms with Crippen molar-refractivity contribution >= 4 is 27.6 Å². The molecule has 0 unspecified atom stereocenters. The summed E-state index contributed by atoms with van der Waals surface area (Å²) < 4.78 is 16.2. The van der Waals surface area contributed by atoms with E-state index in [1.54, 1.807) is 13.0 Å². The zero-order chi connectivity index (χ0) is 14.7. The van der Waals surface area contributed by atoms with Crippen molar-refractivity contribution in [1.82, 2.24) is 4.98 Å². The quantitative estimate of drug-likeness (QED) is 0.678. The summed E-state index contributed by atoms with van der Waals surface area (Å²) in [5.74, 6) is -0.128. The Bertz CT molecular complexity index is 616. The van der Waals surface area contributed by atoms with Crippen LogP contribution in [0.3, 0.4) is 0 Å². The number of aromatic nitrogens is 1. The molecular formula is C13H13BrN2O4. The van der Waals surface area contributed by atoms with Gasteiger partial charge in [0, 0.05) is 4.47 Å². The molecule has 0 aliphatic heterocycles. The molecule has 0 bridgehead atoms. The minimum atomic E-state index is -0.563. The maximum absolute atomic E-state index is 11.5. The van der Waals surface area contributed by atoms with E-state index in [1.807, 2.05) is 13.0 Å². The molecule has 1 heterocycles. The number of carbonyl (C=O) groups excluding carboxylic acids is 1. The number of hydrogen-bond acceptors (Lipinski definition) is 6. The summed E-state index contributed by atoms with van der Waals surface area (Å²) in [4.78, 5) is 15.4. The number of ether oxygens (including phenoxy) is 2. The predicted octanol–water partition coefficient (Wildman–Crippen LogP) is 3.30. The van der Waals surface area contributed by atoms with Crippen LogP contribution in [0.15, 0.2) is 27.3 Å². The first kappa shape index (κ1) is 14.4. The highest BCUT2D eigenvalue weighted by Gasteiger charge is 2.16. The van der Waals surface area contributed by atoms with Crippen LogP contribution in [0.25, 0.3) is 0 Å². The Morgan fingerprint density at radius 3 is 2.90 bits per heavy atom. The largest absolute Gasteiger partial charge is 0.461 e. The first-order valence-corrected chi connectivity index (χ1v) is 6.66. The molecule has 0 aliphatic carbocycles. The van der Waals surface area contributed by atoms with Crippen LogP contribution in [0.5, 0.6) is 11.8 Å². The summed E-state index contributed by atoms with van der Waals surface area (Å²) in [6.45, 7) is 3.81. The molecule has 0 amide bonds. The van der Waals surface area contributed by atoms with Gasteiger partial charge in [0.2, 0.25) is 0 Å². The number of aryl methyl sites for hydroxylation is 1. The fraction of sp³-hybridized carbons (Fsp3) is 0.231. The molecule has 6 nitrogen and oxygen atoms in total. The van der Waals surface area contributed by atoms with E-state index in [9.17, 15) is 4.79 Å². The summed E-state index contributed by atoms with van der Waals surface area (Å²) in [5, 5.41) is 0. The topological polar surface area (TPSA) is 87.6 Å². The van der Waals surface area contributed by atoms with Crippen LogP contribution in [-0.2, 0) is 4.74 Å². The van der Waals surface area contributed by atoms with Crippen molar-refractivity contribution in [3.05, 3.63) is 34.1 Å². The molecule has 0 spiro atoms. The van der Waals surface area contributed by atoms with Gasteiger partial charge >= 0.3 is 12.0 Å². The van der Waals surface area contributed by atoms with Crippen LogP contribution >= 0.6 is 15.9 Å². The van der Waals surface area contributed by atoms with Crippen LogP contribution in [-0.4, -0.2) is 17.6 Å². The lowest BCUT2D eigenvalue weighted by molar-refractivity contribution is 0.0519. The average molecular weight is 341 g/mol. The SMILES string of the molecule is CCOC(=O)c1coc(Oc2c(C)cc(Br)cc2N)n1. The number of nitrogens with two attached hydrogens (primary N) is 1. The standard InChI is InChI=1S/C13H13BrN2O4/c1-3-18-12(17)10-6-19-13(16-10)20-11-7(2)4-8(14)5-9(11)15/h4-6H,3,15H2,1-2H3. The van der Waals surface area contributed by atoms with Gasteiger partial charge < -0.3 is 19.6 Å². The number of nitrogens with zero attached hydrogens (tertiary/aromatic N) is 1. The lowest BCUT2D eigenvalue weighted by atomic mass is 10.2. The van der Waals surface area contributed by atoms with Gasteiger partial charge in [-0.2, -0.15) is 4.98 Å². The van der Waals surface area contributed by atoms with E-state index < -0.39 is 5.97 Å².